The first kappa shape index (κ1) is 27.6. The van der Waals surface area contributed by atoms with Gasteiger partial charge in [-0.1, -0.05) is 54.9 Å². The summed E-state index contributed by atoms with van der Waals surface area (Å²) in [5, 5.41) is 3.98. The van der Waals surface area contributed by atoms with Gasteiger partial charge in [0.2, 0.25) is 5.91 Å². The third kappa shape index (κ3) is 6.63. The summed E-state index contributed by atoms with van der Waals surface area (Å²) in [6, 6.07) is 22.3. The van der Waals surface area contributed by atoms with Crippen molar-refractivity contribution < 1.29 is 13.9 Å². The van der Waals surface area contributed by atoms with Crippen LogP contribution in [-0.4, -0.2) is 54.5 Å². The fourth-order valence-electron chi connectivity index (χ4n) is 5.85. The average Bonchev–Trinajstić information content (AvgIpc) is 2.96. The van der Waals surface area contributed by atoms with Gasteiger partial charge in [0.1, 0.15) is 17.3 Å². The lowest BCUT2D eigenvalue weighted by atomic mass is 9.71. The minimum atomic E-state index is -0.599. The fourth-order valence-corrected chi connectivity index (χ4v) is 6.02. The molecule has 2 aliphatic rings. The molecule has 2 aliphatic heterocycles. The highest BCUT2D eigenvalue weighted by Gasteiger charge is 2.43. The van der Waals surface area contributed by atoms with Crippen LogP contribution < -0.4 is 10.1 Å². The summed E-state index contributed by atoms with van der Waals surface area (Å²) in [6.07, 6.45) is 3.32. The van der Waals surface area contributed by atoms with Gasteiger partial charge in [-0.05, 0) is 92.8 Å². The second kappa shape index (κ2) is 12.5. The lowest BCUT2D eigenvalue weighted by Crippen LogP contribution is -2.55. The van der Waals surface area contributed by atoms with Crippen LogP contribution in [0.25, 0.3) is 0 Å². The molecule has 5 nitrogen and oxygen atoms in total. The van der Waals surface area contributed by atoms with E-state index in [1.54, 1.807) is 12.1 Å². The van der Waals surface area contributed by atoms with Crippen molar-refractivity contribution >= 4 is 17.5 Å². The molecule has 0 aliphatic carbocycles. The maximum atomic E-state index is 13.8. The molecule has 3 aromatic carbocycles. The minimum absolute atomic E-state index is 0.0905. The van der Waals surface area contributed by atoms with E-state index in [0.717, 1.165) is 76.3 Å². The number of ether oxygens (including phenoxy) is 1. The topological polar surface area (TPSA) is 44.8 Å². The maximum absolute atomic E-state index is 13.8. The molecule has 2 saturated heterocycles. The minimum Gasteiger partial charge on any atom is -0.456 e. The second-order valence-electron chi connectivity index (χ2n) is 10.7. The van der Waals surface area contributed by atoms with Crippen LogP contribution in [0.3, 0.4) is 0 Å². The van der Waals surface area contributed by atoms with Crippen molar-refractivity contribution in [2.24, 2.45) is 0 Å². The number of para-hydroxylation sites is 1. The van der Waals surface area contributed by atoms with E-state index < -0.39 is 5.41 Å². The zero-order valence-electron chi connectivity index (χ0n) is 22.5. The fraction of sp³-hybridized carbons (Fsp3) is 0.406. The third-order valence-corrected chi connectivity index (χ3v) is 8.59. The van der Waals surface area contributed by atoms with Gasteiger partial charge in [0.15, 0.2) is 0 Å². The number of hydrogen-bond acceptors (Lipinski definition) is 4. The first-order valence-electron chi connectivity index (χ1n) is 14.0. The lowest BCUT2D eigenvalue weighted by Gasteiger charge is -2.42. The van der Waals surface area contributed by atoms with Crippen LogP contribution in [0.1, 0.15) is 43.7 Å². The molecule has 5 rings (SSSR count). The number of halogens is 2. The number of amides is 1. The Bertz CT molecular complexity index is 1250. The van der Waals surface area contributed by atoms with E-state index in [-0.39, 0.29) is 17.8 Å². The first-order chi connectivity index (χ1) is 18.9. The highest BCUT2D eigenvalue weighted by atomic mass is 35.5. The van der Waals surface area contributed by atoms with Gasteiger partial charge in [-0.3, -0.25) is 9.69 Å². The molecule has 0 aromatic heterocycles. The molecule has 0 spiro atoms. The van der Waals surface area contributed by atoms with Crippen molar-refractivity contribution in [3.8, 4) is 11.5 Å². The molecule has 1 amide bonds. The van der Waals surface area contributed by atoms with Gasteiger partial charge in [0, 0.05) is 25.7 Å². The van der Waals surface area contributed by atoms with E-state index in [9.17, 15) is 9.18 Å². The highest BCUT2D eigenvalue weighted by molar-refractivity contribution is 6.32. The molecule has 206 valence electrons. The Hall–Kier alpha value is -2.93. The third-order valence-electron chi connectivity index (χ3n) is 8.28. The highest BCUT2D eigenvalue weighted by Crippen LogP contribution is 2.36. The largest absolute Gasteiger partial charge is 0.456 e. The number of rotatable bonds is 8. The summed E-state index contributed by atoms with van der Waals surface area (Å²) in [6.45, 7) is 7.53. The van der Waals surface area contributed by atoms with Crippen LogP contribution in [0.5, 0.6) is 11.5 Å². The molecule has 1 N–H and O–H groups in total. The summed E-state index contributed by atoms with van der Waals surface area (Å²) < 4.78 is 19.7. The summed E-state index contributed by atoms with van der Waals surface area (Å²) in [5.41, 5.74) is 1.51. The standard InChI is InChI=1S/C32H37ClFN3O2/c1-2-36-20-16-32(17-21-36,25-10-12-26(34)13-11-25)31(38)35-27-14-18-37(19-15-27)23-24-6-5-7-28(22-24)39-30-9-4-3-8-29(30)33/h3-13,22,27H,2,14-21,23H2,1H3,(H,35,38). The molecule has 3 aromatic rings. The molecule has 2 fully saturated rings. The zero-order valence-corrected chi connectivity index (χ0v) is 23.3. The van der Waals surface area contributed by atoms with Crippen molar-refractivity contribution in [1.29, 1.82) is 0 Å². The number of nitrogens with zero attached hydrogens (tertiary/aromatic N) is 2. The predicted molar refractivity (Wildman–Crippen MR) is 154 cm³/mol. The molecule has 2 heterocycles. The maximum Gasteiger partial charge on any atom is 0.230 e. The molecule has 0 atom stereocenters. The van der Waals surface area contributed by atoms with Gasteiger partial charge in [-0.2, -0.15) is 0 Å². The van der Waals surface area contributed by atoms with Gasteiger partial charge >= 0.3 is 0 Å². The van der Waals surface area contributed by atoms with Crippen molar-refractivity contribution in [3.63, 3.8) is 0 Å². The van der Waals surface area contributed by atoms with E-state index in [1.807, 2.05) is 36.4 Å². The summed E-state index contributed by atoms with van der Waals surface area (Å²) >= 11 is 6.25. The van der Waals surface area contributed by atoms with E-state index in [1.165, 1.54) is 17.7 Å². The smallest absolute Gasteiger partial charge is 0.230 e. The number of hydrogen-bond donors (Lipinski definition) is 1. The molecule has 0 bridgehead atoms. The average molecular weight is 550 g/mol. The van der Waals surface area contributed by atoms with E-state index in [2.05, 4.69) is 34.2 Å². The Morgan fingerprint density at radius 3 is 2.38 bits per heavy atom. The van der Waals surface area contributed by atoms with Crippen molar-refractivity contribution in [3.05, 3.63) is 94.8 Å². The number of benzene rings is 3. The predicted octanol–water partition coefficient (Wildman–Crippen LogP) is 6.41. The Labute approximate surface area is 235 Å². The number of nitrogens with one attached hydrogen (secondary N) is 1. The van der Waals surface area contributed by atoms with Crippen LogP contribution in [-0.2, 0) is 16.8 Å². The van der Waals surface area contributed by atoms with Crippen molar-refractivity contribution in [1.82, 2.24) is 15.1 Å². The Morgan fingerprint density at radius 2 is 1.69 bits per heavy atom. The van der Waals surface area contributed by atoms with E-state index in [0.29, 0.717) is 10.8 Å². The van der Waals surface area contributed by atoms with E-state index >= 15 is 0 Å². The van der Waals surface area contributed by atoms with Crippen molar-refractivity contribution in [2.75, 3.05) is 32.7 Å². The normalized spacial score (nSPS) is 18.5. The SMILES string of the molecule is CCN1CCC(C(=O)NC2CCN(Cc3cccc(Oc4ccccc4Cl)c3)CC2)(c2ccc(F)cc2)CC1. The number of carbonyl (C=O) groups excluding carboxylic acids is 1. The Kier molecular flexibility index (Phi) is 8.85. The molecular weight excluding hydrogens is 513 g/mol. The van der Waals surface area contributed by atoms with Gasteiger partial charge in [0.25, 0.3) is 0 Å². The molecule has 39 heavy (non-hydrogen) atoms. The zero-order chi connectivity index (χ0) is 27.2. The van der Waals surface area contributed by atoms with Crippen LogP contribution in [0.2, 0.25) is 5.02 Å². The number of likely N-dealkylation sites (tertiary alicyclic amines) is 2. The Balaban J connectivity index is 1.18. The quantitative estimate of drug-likeness (QED) is 0.353. The molecule has 0 saturated carbocycles. The van der Waals surface area contributed by atoms with Gasteiger partial charge in [-0.15, -0.1) is 0 Å². The summed E-state index contributed by atoms with van der Waals surface area (Å²) in [4.78, 5) is 18.6. The van der Waals surface area contributed by atoms with E-state index in [4.69, 9.17) is 16.3 Å². The first-order valence-corrected chi connectivity index (χ1v) is 14.4. The van der Waals surface area contributed by atoms with Crippen LogP contribution >= 0.6 is 11.6 Å². The van der Waals surface area contributed by atoms with Gasteiger partial charge in [-0.25, -0.2) is 4.39 Å². The summed E-state index contributed by atoms with van der Waals surface area (Å²) in [5.74, 6) is 1.23. The summed E-state index contributed by atoms with van der Waals surface area (Å²) in [7, 11) is 0. The molecule has 0 unspecified atom stereocenters. The molecule has 0 radical (unpaired) electrons. The second-order valence-corrected chi connectivity index (χ2v) is 11.1. The van der Waals surface area contributed by atoms with Crippen LogP contribution in [0.4, 0.5) is 4.39 Å². The van der Waals surface area contributed by atoms with Gasteiger partial charge < -0.3 is 15.0 Å². The van der Waals surface area contributed by atoms with Crippen LogP contribution in [0, 0.1) is 5.82 Å². The number of piperidine rings is 2. The molecule has 7 heteroatoms. The molecular formula is C32H37ClFN3O2. The van der Waals surface area contributed by atoms with Gasteiger partial charge in [0.05, 0.1) is 10.4 Å². The van der Waals surface area contributed by atoms with Crippen LogP contribution in [0.15, 0.2) is 72.8 Å². The lowest BCUT2D eigenvalue weighted by molar-refractivity contribution is -0.129. The Morgan fingerprint density at radius 1 is 0.974 bits per heavy atom. The van der Waals surface area contributed by atoms with Crippen molar-refractivity contribution in [2.45, 2.75) is 50.6 Å². The monoisotopic (exact) mass is 549 g/mol. The number of carbonyl (C=O) groups is 1.